The van der Waals surface area contributed by atoms with Crippen LogP contribution in [0.5, 0.6) is 0 Å². The van der Waals surface area contributed by atoms with Crippen molar-refractivity contribution in [2.45, 2.75) is 32.2 Å². The highest BCUT2D eigenvalue weighted by Crippen LogP contribution is 2.21. The van der Waals surface area contributed by atoms with Gasteiger partial charge < -0.3 is 10.2 Å². The van der Waals surface area contributed by atoms with Crippen molar-refractivity contribution in [3.63, 3.8) is 0 Å². The number of hydrogen-bond acceptors (Lipinski definition) is 2. The number of nitrogens with one attached hydrogen (secondary N) is 1. The summed E-state index contributed by atoms with van der Waals surface area (Å²) in [5, 5.41) is 3.30. The number of benzene rings is 1. The third-order valence-electron chi connectivity index (χ3n) is 3.56. The fourth-order valence-corrected chi connectivity index (χ4v) is 3.26. The molecule has 0 saturated carbocycles. The lowest BCUT2D eigenvalue weighted by Gasteiger charge is -2.29. The van der Waals surface area contributed by atoms with Crippen LogP contribution >= 0.6 is 27.5 Å². The molecule has 1 unspecified atom stereocenters. The van der Waals surface area contributed by atoms with E-state index in [0.717, 1.165) is 25.9 Å². The Morgan fingerprint density at radius 1 is 1.29 bits per heavy atom. The second-order valence-electron chi connectivity index (χ2n) is 5.21. The molecule has 0 aromatic heterocycles. The molecule has 114 valence electrons. The monoisotopic (exact) mass is 372 g/mol. The van der Waals surface area contributed by atoms with E-state index in [4.69, 9.17) is 11.6 Å². The average Bonchev–Trinajstić information content (AvgIpc) is 2.47. The number of hydrogen-bond donors (Lipinski definition) is 1. The minimum atomic E-state index is -0.529. The second kappa shape index (κ2) is 7.27. The van der Waals surface area contributed by atoms with Crippen molar-refractivity contribution < 1.29 is 9.59 Å². The molecule has 1 saturated heterocycles. The lowest BCUT2D eigenvalue weighted by Crippen LogP contribution is -2.48. The molecule has 0 radical (unpaired) electrons. The predicted molar refractivity (Wildman–Crippen MR) is 86.5 cm³/mol. The molecule has 1 fully saturated rings. The van der Waals surface area contributed by atoms with E-state index in [1.165, 1.54) is 6.42 Å². The minimum Gasteiger partial charge on any atom is -0.341 e. The molecule has 1 atom stereocenters. The van der Waals surface area contributed by atoms with Crippen LogP contribution in [-0.2, 0) is 4.79 Å². The SMILES string of the molecule is CC(NC(=O)c1ccc(Cl)cc1Br)C(=O)N1CCCCC1. The summed E-state index contributed by atoms with van der Waals surface area (Å²) >= 11 is 9.17. The molecule has 0 spiro atoms. The Morgan fingerprint density at radius 3 is 2.57 bits per heavy atom. The van der Waals surface area contributed by atoms with Gasteiger partial charge in [0.15, 0.2) is 0 Å². The van der Waals surface area contributed by atoms with E-state index in [-0.39, 0.29) is 11.8 Å². The molecule has 2 amide bonds. The number of nitrogens with zero attached hydrogens (tertiary/aromatic N) is 1. The number of carbonyl (C=O) groups excluding carboxylic acids is 2. The average molecular weight is 374 g/mol. The van der Waals surface area contributed by atoms with Crippen molar-refractivity contribution in [3.8, 4) is 0 Å². The maximum atomic E-state index is 12.3. The highest BCUT2D eigenvalue weighted by atomic mass is 79.9. The van der Waals surface area contributed by atoms with Gasteiger partial charge >= 0.3 is 0 Å². The van der Waals surface area contributed by atoms with Gasteiger partial charge in [-0.15, -0.1) is 0 Å². The predicted octanol–water partition coefficient (Wildman–Crippen LogP) is 3.23. The van der Waals surface area contributed by atoms with E-state index < -0.39 is 6.04 Å². The molecule has 4 nitrogen and oxygen atoms in total. The highest BCUT2D eigenvalue weighted by molar-refractivity contribution is 9.10. The van der Waals surface area contributed by atoms with E-state index in [9.17, 15) is 9.59 Å². The van der Waals surface area contributed by atoms with E-state index in [1.54, 1.807) is 25.1 Å². The Balaban J connectivity index is 1.99. The fourth-order valence-electron chi connectivity index (χ4n) is 2.40. The van der Waals surface area contributed by atoms with Crippen LogP contribution in [-0.4, -0.2) is 35.8 Å². The standard InChI is InChI=1S/C15H18BrClN2O2/c1-10(15(21)19-7-3-2-4-8-19)18-14(20)12-6-5-11(17)9-13(12)16/h5-6,9-10H,2-4,7-8H2,1H3,(H,18,20). The van der Waals surface area contributed by atoms with E-state index in [0.29, 0.717) is 15.1 Å². The number of amides is 2. The first kappa shape index (κ1) is 16.3. The summed E-state index contributed by atoms with van der Waals surface area (Å²) in [7, 11) is 0. The summed E-state index contributed by atoms with van der Waals surface area (Å²) in [5.41, 5.74) is 0.470. The van der Waals surface area contributed by atoms with Crippen molar-refractivity contribution in [1.82, 2.24) is 10.2 Å². The fraction of sp³-hybridized carbons (Fsp3) is 0.467. The molecule has 1 aliphatic heterocycles. The minimum absolute atomic E-state index is 0.0202. The third-order valence-corrected chi connectivity index (χ3v) is 4.45. The molecule has 6 heteroatoms. The summed E-state index contributed by atoms with van der Waals surface area (Å²) in [4.78, 5) is 26.3. The van der Waals surface area contributed by atoms with Gasteiger partial charge in [0.05, 0.1) is 5.56 Å². The van der Waals surface area contributed by atoms with Crippen molar-refractivity contribution >= 4 is 39.3 Å². The van der Waals surface area contributed by atoms with E-state index in [2.05, 4.69) is 21.2 Å². The molecule has 1 aliphatic rings. The lowest BCUT2D eigenvalue weighted by atomic mass is 10.1. The lowest BCUT2D eigenvalue weighted by molar-refractivity contribution is -0.133. The van der Waals surface area contributed by atoms with Gasteiger partial charge in [-0.1, -0.05) is 11.6 Å². The Hall–Kier alpha value is -1.07. The Bertz CT molecular complexity index is 544. The number of piperidine rings is 1. The van der Waals surface area contributed by atoms with Gasteiger partial charge in [0.2, 0.25) is 5.91 Å². The van der Waals surface area contributed by atoms with Gasteiger partial charge in [0.25, 0.3) is 5.91 Å². The summed E-state index contributed by atoms with van der Waals surface area (Å²) in [6, 6.07) is 4.42. The first-order chi connectivity index (χ1) is 9.99. The Labute approximate surface area is 138 Å². The van der Waals surface area contributed by atoms with Gasteiger partial charge in [-0.2, -0.15) is 0 Å². The molecule has 0 bridgehead atoms. The molecule has 21 heavy (non-hydrogen) atoms. The van der Waals surface area contributed by atoms with Crippen LogP contribution in [0.4, 0.5) is 0 Å². The number of carbonyl (C=O) groups is 2. The first-order valence-corrected chi connectivity index (χ1v) is 8.21. The molecule has 1 heterocycles. The van der Waals surface area contributed by atoms with Gasteiger partial charge in [0, 0.05) is 22.6 Å². The van der Waals surface area contributed by atoms with Crippen LogP contribution in [0.3, 0.4) is 0 Å². The molecular formula is C15H18BrClN2O2. The zero-order valence-electron chi connectivity index (χ0n) is 11.9. The molecule has 1 aromatic rings. The van der Waals surface area contributed by atoms with E-state index >= 15 is 0 Å². The summed E-state index contributed by atoms with van der Waals surface area (Å²) in [6.45, 7) is 3.28. The van der Waals surface area contributed by atoms with Crippen LogP contribution in [0, 0.1) is 0 Å². The van der Waals surface area contributed by atoms with Crippen molar-refractivity contribution in [1.29, 1.82) is 0 Å². The van der Waals surface area contributed by atoms with Crippen LogP contribution in [0.2, 0.25) is 5.02 Å². The first-order valence-electron chi connectivity index (χ1n) is 7.04. The zero-order chi connectivity index (χ0) is 15.4. The Morgan fingerprint density at radius 2 is 1.95 bits per heavy atom. The van der Waals surface area contributed by atoms with Crippen molar-refractivity contribution in [2.24, 2.45) is 0 Å². The summed E-state index contributed by atoms with van der Waals surface area (Å²) in [5.74, 6) is -0.301. The summed E-state index contributed by atoms with van der Waals surface area (Å²) in [6.07, 6.45) is 3.24. The number of rotatable bonds is 3. The largest absolute Gasteiger partial charge is 0.341 e. The quantitative estimate of drug-likeness (QED) is 0.884. The van der Waals surface area contributed by atoms with Gasteiger partial charge in [-0.25, -0.2) is 0 Å². The normalized spacial score (nSPS) is 16.4. The smallest absolute Gasteiger partial charge is 0.253 e. The number of halogens is 2. The van der Waals surface area contributed by atoms with Gasteiger partial charge in [-0.3, -0.25) is 9.59 Å². The van der Waals surface area contributed by atoms with Gasteiger partial charge in [0.1, 0.15) is 6.04 Å². The maximum Gasteiger partial charge on any atom is 0.253 e. The third kappa shape index (κ3) is 4.20. The molecule has 0 aliphatic carbocycles. The molecule has 2 rings (SSSR count). The summed E-state index contributed by atoms with van der Waals surface area (Å²) < 4.78 is 0.616. The zero-order valence-corrected chi connectivity index (χ0v) is 14.2. The maximum absolute atomic E-state index is 12.3. The molecule has 1 N–H and O–H groups in total. The highest BCUT2D eigenvalue weighted by Gasteiger charge is 2.24. The van der Waals surface area contributed by atoms with E-state index in [1.807, 2.05) is 4.90 Å². The number of likely N-dealkylation sites (tertiary alicyclic amines) is 1. The molecule has 1 aromatic carbocycles. The van der Waals surface area contributed by atoms with Crippen LogP contribution in [0.1, 0.15) is 36.5 Å². The molecular weight excluding hydrogens is 356 g/mol. The van der Waals surface area contributed by atoms with Crippen LogP contribution < -0.4 is 5.32 Å². The topological polar surface area (TPSA) is 49.4 Å². The van der Waals surface area contributed by atoms with Crippen LogP contribution in [0.15, 0.2) is 22.7 Å². The van der Waals surface area contributed by atoms with Gasteiger partial charge in [-0.05, 0) is 60.3 Å². The van der Waals surface area contributed by atoms with Crippen molar-refractivity contribution in [2.75, 3.05) is 13.1 Å². The van der Waals surface area contributed by atoms with Crippen molar-refractivity contribution in [3.05, 3.63) is 33.3 Å². The van der Waals surface area contributed by atoms with Crippen LogP contribution in [0.25, 0.3) is 0 Å². The Kier molecular flexibility index (Phi) is 5.65. The second-order valence-corrected chi connectivity index (χ2v) is 6.50.